The summed E-state index contributed by atoms with van der Waals surface area (Å²) in [5, 5.41) is 0. The second-order valence-electron chi connectivity index (χ2n) is 7.73. The Labute approximate surface area is 185 Å². The topological polar surface area (TPSA) is 49.9 Å². The van der Waals surface area contributed by atoms with Gasteiger partial charge >= 0.3 is 0 Å². The summed E-state index contributed by atoms with van der Waals surface area (Å²) in [5.74, 6) is -0.856. The molecule has 0 saturated carbocycles. The minimum absolute atomic E-state index is 0.262. The molecule has 0 unspecified atom stereocenters. The first-order valence-electron chi connectivity index (χ1n) is 10.5. The van der Waals surface area contributed by atoms with Crippen LogP contribution in [0, 0.1) is 5.82 Å². The van der Waals surface area contributed by atoms with Crippen molar-refractivity contribution < 1.29 is 18.7 Å². The average molecular weight is 428 g/mol. The first-order valence-corrected chi connectivity index (χ1v) is 10.5. The van der Waals surface area contributed by atoms with Crippen LogP contribution in [0.15, 0.2) is 78.5 Å². The molecule has 3 aromatic rings. The first kappa shape index (κ1) is 20.0. The number of aryl methyl sites for hydroxylation is 1. The fourth-order valence-corrected chi connectivity index (χ4v) is 4.44. The highest BCUT2D eigenvalue weighted by Gasteiger charge is 2.44. The van der Waals surface area contributed by atoms with Crippen LogP contribution in [0.1, 0.15) is 17.5 Å². The summed E-state index contributed by atoms with van der Waals surface area (Å²) in [4.78, 5) is 30.6. The monoisotopic (exact) mass is 428 g/mol. The molecule has 0 atom stereocenters. The van der Waals surface area contributed by atoms with Gasteiger partial charge in [-0.15, -0.1) is 0 Å². The molecule has 0 bridgehead atoms. The molecule has 5 nitrogen and oxygen atoms in total. The van der Waals surface area contributed by atoms with Crippen LogP contribution in [0.2, 0.25) is 0 Å². The van der Waals surface area contributed by atoms with Crippen molar-refractivity contribution in [3.05, 3.63) is 95.4 Å². The number of nitrogens with zero attached hydrogens (tertiary/aromatic N) is 2. The standard InChI is InChI=1S/C26H21FN2O3/c1-32-22-11-5-4-10-21(22)29-25(30)23(18-12-14-19(27)15-13-18)24(26(29)31)28-16-6-8-17-7-2-3-9-20(17)28/h2-5,7,9-15H,6,8,16H2,1H3. The molecule has 3 aromatic carbocycles. The van der Waals surface area contributed by atoms with Crippen molar-refractivity contribution in [2.45, 2.75) is 12.8 Å². The molecule has 32 heavy (non-hydrogen) atoms. The molecule has 2 amide bonds. The van der Waals surface area contributed by atoms with Gasteiger partial charge in [0.2, 0.25) is 0 Å². The molecule has 0 fully saturated rings. The van der Waals surface area contributed by atoms with Crippen molar-refractivity contribution in [2.24, 2.45) is 0 Å². The molecule has 2 heterocycles. The van der Waals surface area contributed by atoms with Crippen LogP contribution in [0.4, 0.5) is 15.8 Å². The lowest BCUT2D eigenvalue weighted by atomic mass is 9.98. The third-order valence-corrected chi connectivity index (χ3v) is 5.90. The van der Waals surface area contributed by atoms with E-state index in [4.69, 9.17) is 4.74 Å². The summed E-state index contributed by atoms with van der Waals surface area (Å²) in [6.07, 6.45) is 1.76. The largest absolute Gasteiger partial charge is 0.495 e. The molecule has 0 N–H and O–H groups in total. The number of halogens is 1. The Morgan fingerprint density at radius 2 is 1.53 bits per heavy atom. The SMILES string of the molecule is COc1ccccc1N1C(=O)C(c2ccc(F)cc2)=C(N2CCCc3ccccc32)C1=O. The van der Waals surface area contributed by atoms with Crippen molar-refractivity contribution in [2.75, 3.05) is 23.5 Å². The summed E-state index contributed by atoms with van der Waals surface area (Å²) < 4.78 is 19.1. The van der Waals surface area contributed by atoms with Crippen molar-refractivity contribution in [3.63, 3.8) is 0 Å². The molecule has 0 aliphatic carbocycles. The third-order valence-electron chi connectivity index (χ3n) is 5.90. The molecule has 2 aliphatic rings. The molecule has 0 aromatic heterocycles. The van der Waals surface area contributed by atoms with Crippen LogP contribution < -0.4 is 14.5 Å². The number of anilines is 2. The zero-order valence-corrected chi connectivity index (χ0v) is 17.5. The number of carbonyl (C=O) groups is 2. The van der Waals surface area contributed by atoms with E-state index >= 15 is 0 Å². The molecule has 0 saturated heterocycles. The Kier molecular flexibility index (Phi) is 4.98. The van der Waals surface area contributed by atoms with Gasteiger partial charge in [-0.2, -0.15) is 0 Å². The highest BCUT2D eigenvalue weighted by molar-refractivity contribution is 6.46. The number of benzene rings is 3. The van der Waals surface area contributed by atoms with Gasteiger partial charge < -0.3 is 9.64 Å². The number of imide groups is 1. The molecule has 5 rings (SSSR count). The number of para-hydroxylation sites is 3. The quantitative estimate of drug-likeness (QED) is 0.571. The lowest BCUT2D eigenvalue weighted by Gasteiger charge is -2.32. The van der Waals surface area contributed by atoms with E-state index in [1.807, 2.05) is 29.2 Å². The van der Waals surface area contributed by atoms with Crippen molar-refractivity contribution in [3.8, 4) is 5.75 Å². The Bertz CT molecular complexity index is 1250. The fraction of sp³-hybridized carbons (Fsp3) is 0.154. The van der Waals surface area contributed by atoms with E-state index in [0.29, 0.717) is 29.2 Å². The zero-order valence-electron chi connectivity index (χ0n) is 17.5. The van der Waals surface area contributed by atoms with Crippen LogP contribution >= 0.6 is 0 Å². The van der Waals surface area contributed by atoms with Crippen LogP contribution in [0.3, 0.4) is 0 Å². The zero-order chi connectivity index (χ0) is 22.2. The van der Waals surface area contributed by atoms with Gasteiger partial charge in [0.05, 0.1) is 18.4 Å². The van der Waals surface area contributed by atoms with E-state index < -0.39 is 17.6 Å². The van der Waals surface area contributed by atoms with Crippen molar-refractivity contribution >= 4 is 28.8 Å². The Balaban J connectivity index is 1.71. The maximum Gasteiger partial charge on any atom is 0.282 e. The van der Waals surface area contributed by atoms with Gasteiger partial charge in [0.15, 0.2) is 0 Å². The predicted octanol–water partition coefficient (Wildman–Crippen LogP) is 4.57. The lowest BCUT2D eigenvalue weighted by Crippen LogP contribution is -2.37. The fourth-order valence-electron chi connectivity index (χ4n) is 4.44. The van der Waals surface area contributed by atoms with Gasteiger partial charge in [0.1, 0.15) is 17.3 Å². The van der Waals surface area contributed by atoms with Gasteiger partial charge in [-0.25, -0.2) is 9.29 Å². The maximum atomic E-state index is 13.8. The minimum atomic E-state index is -0.454. The molecule has 6 heteroatoms. The van der Waals surface area contributed by atoms with Crippen LogP contribution in [0.25, 0.3) is 5.57 Å². The number of rotatable bonds is 4. The highest BCUT2D eigenvalue weighted by atomic mass is 19.1. The second-order valence-corrected chi connectivity index (χ2v) is 7.73. The van der Waals surface area contributed by atoms with E-state index in [1.54, 1.807) is 24.3 Å². The van der Waals surface area contributed by atoms with Gasteiger partial charge in [-0.1, -0.05) is 42.5 Å². The Morgan fingerprint density at radius 1 is 0.844 bits per heavy atom. The predicted molar refractivity (Wildman–Crippen MR) is 121 cm³/mol. The highest BCUT2D eigenvalue weighted by Crippen LogP contribution is 2.41. The number of hydrogen-bond acceptors (Lipinski definition) is 4. The summed E-state index contributed by atoms with van der Waals surface area (Å²) in [7, 11) is 1.50. The Hall–Kier alpha value is -3.93. The third kappa shape index (κ3) is 3.15. The minimum Gasteiger partial charge on any atom is -0.495 e. The van der Waals surface area contributed by atoms with Gasteiger partial charge in [0, 0.05) is 12.2 Å². The van der Waals surface area contributed by atoms with Gasteiger partial charge in [-0.05, 0) is 54.3 Å². The summed E-state index contributed by atoms with van der Waals surface area (Å²) in [5.41, 5.74) is 3.49. The molecular formula is C26H21FN2O3. The number of methoxy groups -OCH3 is 1. The second kappa shape index (κ2) is 7.96. The van der Waals surface area contributed by atoms with E-state index in [1.165, 1.54) is 31.4 Å². The molecule has 0 spiro atoms. The smallest absolute Gasteiger partial charge is 0.282 e. The first-order chi connectivity index (χ1) is 15.6. The van der Waals surface area contributed by atoms with E-state index in [9.17, 15) is 14.0 Å². The normalized spacial score (nSPS) is 15.9. The lowest BCUT2D eigenvalue weighted by molar-refractivity contribution is -0.120. The van der Waals surface area contributed by atoms with Crippen LogP contribution in [-0.2, 0) is 16.0 Å². The molecule has 2 aliphatic heterocycles. The average Bonchev–Trinajstić information content (AvgIpc) is 3.08. The van der Waals surface area contributed by atoms with Crippen LogP contribution in [0.5, 0.6) is 5.75 Å². The van der Waals surface area contributed by atoms with E-state index in [2.05, 4.69) is 0 Å². The summed E-state index contributed by atoms with van der Waals surface area (Å²) in [6, 6.07) is 20.5. The van der Waals surface area contributed by atoms with Crippen molar-refractivity contribution in [1.29, 1.82) is 0 Å². The maximum absolute atomic E-state index is 13.8. The Morgan fingerprint density at radius 3 is 2.28 bits per heavy atom. The molecule has 0 radical (unpaired) electrons. The molecule has 160 valence electrons. The number of fused-ring (bicyclic) bond motifs is 1. The number of ether oxygens (including phenoxy) is 1. The number of amides is 2. The van der Waals surface area contributed by atoms with E-state index in [-0.39, 0.29) is 5.57 Å². The van der Waals surface area contributed by atoms with Crippen molar-refractivity contribution in [1.82, 2.24) is 0 Å². The van der Waals surface area contributed by atoms with Gasteiger partial charge in [0.25, 0.3) is 11.8 Å². The number of hydrogen-bond donors (Lipinski definition) is 0. The van der Waals surface area contributed by atoms with E-state index in [0.717, 1.165) is 29.0 Å². The summed E-state index contributed by atoms with van der Waals surface area (Å²) >= 11 is 0. The molecular weight excluding hydrogens is 407 g/mol. The number of carbonyl (C=O) groups excluding carboxylic acids is 2. The van der Waals surface area contributed by atoms with Crippen LogP contribution in [-0.4, -0.2) is 25.5 Å². The van der Waals surface area contributed by atoms with Gasteiger partial charge in [-0.3, -0.25) is 9.59 Å². The summed E-state index contributed by atoms with van der Waals surface area (Å²) in [6.45, 7) is 0.607.